The molecule has 1 N–H and O–H groups in total. The normalized spacial score (nSPS) is 12.5. The molecule has 1 atom stereocenters. The summed E-state index contributed by atoms with van der Waals surface area (Å²) in [5, 5.41) is 12.1. The molecule has 29 heavy (non-hydrogen) atoms. The van der Waals surface area contributed by atoms with Crippen LogP contribution >= 0.6 is 11.8 Å². The van der Waals surface area contributed by atoms with Crippen molar-refractivity contribution in [2.24, 2.45) is 0 Å². The number of benzene rings is 1. The van der Waals surface area contributed by atoms with Crippen molar-refractivity contribution in [3.05, 3.63) is 54.0 Å². The Hall–Kier alpha value is -2.80. The molecule has 7 heteroatoms. The highest BCUT2D eigenvalue weighted by Gasteiger charge is 2.23. The number of thioether (sulfide) groups is 1. The second kappa shape index (κ2) is 8.29. The van der Waals surface area contributed by atoms with E-state index in [4.69, 9.17) is 4.42 Å². The Balaban J connectivity index is 1.62. The van der Waals surface area contributed by atoms with Gasteiger partial charge in [-0.2, -0.15) is 0 Å². The van der Waals surface area contributed by atoms with Crippen LogP contribution in [0.2, 0.25) is 0 Å². The number of hydrogen-bond acceptors (Lipinski definition) is 5. The zero-order chi connectivity index (χ0) is 20.4. The van der Waals surface area contributed by atoms with Crippen molar-refractivity contribution in [1.82, 2.24) is 14.6 Å². The third-order valence-corrected chi connectivity index (χ3v) is 6.51. The molecule has 0 aliphatic carbocycles. The first-order valence-electron chi connectivity index (χ1n) is 9.94. The van der Waals surface area contributed by atoms with Crippen molar-refractivity contribution >= 4 is 40.0 Å². The Bertz CT molecular complexity index is 1140. The van der Waals surface area contributed by atoms with E-state index in [2.05, 4.69) is 47.6 Å². The van der Waals surface area contributed by atoms with Crippen molar-refractivity contribution in [2.45, 2.75) is 50.3 Å². The Morgan fingerprint density at radius 1 is 1.17 bits per heavy atom. The summed E-state index contributed by atoms with van der Waals surface area (Å²) in [6.07, 6.45) is 5.76. The number of carbonyl (C=O) groups excluding carboxylic acids is 1. The highest BCUT2D eigenvalue weighted by atomic mass is 32.2. The van der Waals surface area contributed by atoms with Gasteiger partial charge in [-0.15, -0.1) is 10.2 Å². The predicted octanol–water partition coefficient (Wildman–Crippen LogP) is 5.11. The number of rotatable bonds is 7. The Labute approximate surface area is 173 Å². The minimum atomic E-state index is -0.272. The molecule has 0 aliphatic rings. The lowest BCUT2D eigenvalue weighted by Crippen LogP contribution is -2.26. The molecule has 3 aromatic heterocycles. The van der Waals surface area contributed by atoms with Gasteiger partial charge in [0.2, 0.25) is 5.91 Å². The fourth-order valence-electron chi connectivity index (χ4n) is 3.56. The van der Waals surface area contributed by atoms with Crippen LogP contribution < -0.4 is 5.32 Å². The Morgan fingerprint density at radius 2 is 1.93 bits per heavy atom. The van der Waals surface area contributed by atoms with Gasteiger partial charge in [0.05, 0.1) is 22.5 Å². The number of anilines is 1. The smallest absolute Gasteiger partial charge is 0.237 e. The number of aryl methyl sites for hydroxylation is 2. The van der Waals surface area contributed by atoms with E-state index in [0.29, 0.717) is 6.42 Å². The van der Waals surface area contributed by atoms with E-state index in [1.165, 1.54) is 11.8 Å². The van der Waals surface area contributed by atoms with Crippen LogP contribution in [0.25, 0.3) is 16.6 Å². The number of amides is 1. The van der Waals surface area contributed by atoms with Gasteiger partial charge < -0.3 is 9.73 Å². The molecule has 150 valence electrons. The van der Waals surface area contributed by atoms with E-state index in [9.17, 15) is 4.79 Å². The lowest BCUT2D eigenvalue weighted by Gasteiger charge is -2.18. The topological polar surface area (TPSA) is 72.4 Å². The number of nitrogens with zero attached hydrogens (tertiary/aromatic N) is 3. The molecule has 0 fully saturated rings. The standard InChI is InChI=1S/C22H24N4O2S/c1-4-14-8-7-9-15(5-2)20(14)24-21(27)19(6-3)29-22-17-12-18-16(10-11-28-18)26(17)13-23-25-22/h7-13,19H,4-6H2,1-3H3,(H,24,27). The maximum atomic E-state index is 13.1. The Kier molecular flexibility index (Phi) is 5.58. The average molecular weight is 409 g/mol. The molecule has 1 unspecified atom stereocenters. The summed E-state index contributed by atoms with van der Waals surface area (Å²) < 4.78 is 7.45. The minimum Gasteiger partial charge on any atom is -0.463 e. The molecule has 1 aromatic carbocycles. The van der Waals surface area contributed by atoms with Gasteiger partial charge in [-0.05, 0) is 30.4 Å². The molecule has 4 rings (SSSR count). The van der Waals surface area contributed by atoms with E-state index in [1.807, 2.05) is 23.5 Å². The number of para-hydroxylation sites is 1. The summed E-state index contributed by atoms with van der Waals surface area (Å²) in [4.78, 5) is 13.1. The molecule has 0 saturated carbocycles. The molecule has 0 aliphatic heterocycles. The van der Waals surface area contributed by atoms with Gasteiger partial charge >= 0.3 is 0 Å². The molecule has 0 saturated heterocycles. The summed E-state index contributed by atoms with van der Waals surface area (Å²) in [6.45, 7) is 6.23. The summed E-state index contributed by atoms with van der Waals surface area (Å²) >= 11 is 1.44. The van der Waals surface area contributed by atoms with Crippen LogP contribution in [0, 0.1) is 0 Å². The van der Waals surface area contributed by atoms with Gasteiger partial charge in [0.25, 0.3) is 0 Å². The van der Waals surface area contributed by atoms with Gasteiger partial charge in [0, 0.05) is 17.8 Å². The molecular formula is C22H24N4O2S. The average Bonchev–Trinajstić information content (AvgIpc) is 3.34. The van der Waals surface area contributed by atoms with Crippen molar-refractivity contribution in [3.63, 3.8) is 0 Å². The van der Waals surface area contributed by atoms with E-state index in [0.717, 1.165) is 51.3 Å². The summed E-state index contributed by atoms with van der Waals surface area (Å²) in [6, 6.07) is 10.0. The quantitative estimate of drug-likeness (QED) is 0.430. The van der Waals surface area contributed by atoms with Crippen LogP contribution in [0.1, 0.15) is 38.3 Å². The van der Waals surface area contributed by atoms with Gasteiger partial charge in [0.15, 0.2) is 5.58 Å². The molecule has 0 spiro atoms. The predicted molar refractivity (Wildman–Crippen MR) is 117 cm³/mol. The van der Waals surface area contributed by atoms with Gasteiger partial charge in [0.1, 0.15) is 11.4 Å². The first-order chi connectivity index (χ1) is 14.2. The fraction of sp³-hybridized carbons (Fsp3) is 0.318. The molecule has 3 heterocycles. The SMILES string of the molecule is CCc1cccc(CC)c1NC(=O)C(CC)Sc1nncn2c1cc1occc12. The highest BCUT2D eigenvalue weighted by molar-refractivity contribution is 8.00. The first kappa shape index (κ1) is 19.5. The number of aromatic nitrogens is 3. The maximum absolute atomic E-state index is 13.1. The highest BCUT2D eigenvalue weighted by Crippen LogP contribution is 2.32. The van der Waals surface area contributed by atoms with E-state index < -0.39 is 0 Å². The van der Waals surface area contributed by atoms with Crippen molar-refractivity contribution in [1.29, 1.82) is 0 Å². The van der Waals surface area contributed by atoms with E-state index in [1.54, 1.807) is 12.6 Å². The van der Waals surface area contributed by atoms with Crippen LogP contribution in [0.5, 0.6) is 0 Å². The van der Waals surface area contributed by atoms with Crippen LogP contribution in [-0.4, -0.2) is 25.8 Å². The summed E-state index contributed by atoms with van der Waals surface area (Å²) in [7, 11) is 0. The van der Waals surface area contributed by atoms with E-state index >= 15 is 0 Å². The van der Waals surface area contributed by atoms with Gasteiger partial charge in [-0.1, -0.05) is 50.7 Å². The molecule has 0 radical (unpaired) electrons. The van der Waals surface area contributed by atoms with Crippen LogP contribution in [0.3, 0.4) is 0 Å². The van der Waals surface area contributed by atoms with E-state index in [-0.39, 0.29) is 11.2 Å². The largest absolute Gasteiger partial charge is 0.463 e. The number of nitrogens with one attached hydrogen (secondary N) is 1. The molecule has 0 bridgehead atoms. The van der Waals surface area contributed by atoms with Crippen molar-refractivity contribution in [3.8, 4) is 0 Å². The number of furan rings is 1. The second-order valence-electron chi connectivity index (χ2n) is 6.87. The molecule has 1 amide bonds. The number of hydrogen-bond donors (Lipinski definition) is 1. The third-order valence-electron chi connectivity index (χ3n) is 5.16. The lowest BCUT2D eigenvalue weighted by molar-refractivity contribution is -0.115. The van der Waals surface area contributed by atoms with Crippen molar-refractivity contribution < 1.29 is 9.21 Å². The maximum Gasteiger partial charge on any atom is 0.237 e. The van der Waals surface area contributed by atoms with Crippen LogP contribution in [0.4, 0.5) is 5.69 Å². The first-order valence-corrected chi connectivity index (χ1v) is 10.8. The number of carbonyl (C=O) groups is 1. The summed E-state index contributed by atoms with van der Waals surface area (Å²) in [5.41, 5.74) is 5.89. The molecule has 4 aromatic rings. The zero-order valence-corrected chi connectivity index (χ0v) is 17.6. The van der Waals surface area contributed by atoms with Crippen molar-refractivity contribution in [2.75, 3.05) is 5.32 Å². The molecule has 6 nitrogen and oxygen atoms in total. The third kappa shape index (κ3) is 3.62. The van der Waals surface area contributed by atoms with Crippen LogP contribution in [0.15, 0.2) is 52.4 Å². The fourth-order valence-corrected chi connectivity index (χ4v) is 4.54. The lowest BCUT2D eigenvalue weighted by atomic mass is 10.0. The summed E-state index contributed by atoms with van der Waals surface area (Å²) in [5.74, 6) is -0.00727. The monoisotopic (exact) mass is 408 g/mol. The van der Waals surface area contributed by atoms with Crippen LogP contribution in [-0.2, 0) is 17.6 Å². The second-order valence-corrected chi connectivity index (χ2v) is 8.06. The minimum absolute atomic E-state index is 0.00727. The zero-order valence-electron chi connectivity index (χ0n) is 16.8. The molecular weight excluding hydrogens is 384 g/mol. The van der Waals surface area contributed by atoms with Gasteiger partial charge in [-0.25, -0.2) is 0 Å². The number of fused-ring (bicyclic) bond motifs is 3. The van der Waals surface area contributed by atoms with Gasteiger partial charge in [-0.3, -0.25) is 9.20 Å². The Morgan fingerprint density at radius 3 is 2.62 bits per heavy atom.